The van der Waals surface area contributed by atoms with Gasteiger partial charge in [-0.05, 0) is 28.8 Å². The van der Waals surface area contributed by atoms with Crippen molar-refractivity contribution in [1.82, 2.24) is 10.3 Å². The van der Waals surface area contributed by atoms with E-state index in [1.807, 2.05) is 48.5 Å². The van der Waals surface area contributed by atoms with E-state index in [-0.39, 0.29) is 17.1 Å². The van der Waals surface area contributed by atoms with Gasteiger partial charge in [0.15, 0.2) is 16.5 Å². The van der Waals surface area contributed by atoms with Crippen LogP contribution in [0.3, 0.4) is 0 Å². The summed E-state index contributed by atoms with van der Waals surface area (Å²) in [4.78, 5) is 27.6. The molecule has 2 heterocycles. The van der Waals surface area contributed by atoms with Gasteiger partial charge in [-0.1, -0.05) is 66.4 Å². The van der Waals surface area contributed by atoms with Crippen LogP contribution >= 0.6 is 11.8 Å². The van der Waals surface area contributed by atoms with E-state index in [1.54, 1.807) is 23.1 Å². The van der Waals surface area contributed by atoms with E-state index in [1.165, 1.54) is 26.0 Å². The van der Waals surface area contributed by atoms with Crippen molar-refractivity contribution in [2.75, 3.05) is 26.5 Å². The van der Waals surface area contributed by atoms with Gasteiger partial charge >= 0.3 is 0 Å². The first-order valence-corrected chi connectivity index (χ1v) is 13.5. The number of hydrogen-bond acceptors (Lipinski definition) is 9. The van der Waals surface area contributed by atoms with Crippen LogP contribution in [0.1, 0.15) is 22.6 Å². The number of thioether (sulfide) groups is 1. The minimum absolute atomic E-state index is 0.0501. The van der Waals surface area contributed by atoms with Gasteiger partial charge in [0.2, 0.25) is 0 Å². The molecule has 2 aliphatic heterocycles. The van der Waals surface area contributed by atoms with Crippen molar-refractivity contribution in [3.05, 3.63) is 116 Å². The van der Waals surface area contributed by atoms with Crippen LogP contribution in [0.25, 0.3) is 11.1 Å². The van der Waals surface area contributed by atoms with E-state index in [0.29, 0.717) is 40.1 Å². The first kappa shape index (κ1) is 25.5. The van der Waals surface area contributed by atoms with Crippen molar-refractivity contribution in [3.63, 3.8) is 0 Å². The van der Waals surface area contributed by atoms with Crippen LogP contribution in [0.15, 0.2) is 94.0 Å². The van der Waals surface area contributed by atoms with Crippen LogP contribution in [0.5, 0.6) is 11.5 Å². The van der Waals surface area contributed by atoms with Gasteiger partial charge in [0.1, 0.15) is 11.7 Å². The average molecular weight is 556 g/mol. The summed E-state index contributed by atoms with van der Waals surface area (Å²) >= 11 is 1.35. The third kappa shape index (κ3) is 3.97. The van der Waals surface area contributed by atoms with Crippen molar-refractivity contribution >= 4 is 23.4 Å². The number of allylic oxidation sites excluding steroid dienone is 1. The van der Waals surface area contributed by atoms with Gasteiger partial charge in [-0.15, -0.1) is 0 Å². The van der Waals surface area contributed by atoms with Gasteiger partial charge in [-0.25, -0.2) is 5.43 Å². The Morgan fingerprint density at radius 2 is 1.65 bits per heavy atom. The highest BCUT2D eigenvalue weighted by Gasteiger charge is 2.47. The summed E-state index contributed by atoms with van der Waals surface area (Å²) in [5.41, 5.74) is 14.1. The third-order valence-electron chi connectivity index (χ3n) is 7.25. The lowest BCUT2D eigenvalue weighted by molar-refractivity contribution is -0.430. The van der Waals surface area contributed by atoms with Crippen LogP contribution in [0.2, 0.25) is 0 Å². The van der Waals surface area contributed by atoms with Gasteiger partial charge < -0.3 is 20.1 Å². The van der Waals surface area contributed by atoms with Crippen LogP contribution < -0.4 is 20.6 Å². The summed E-state index contributed by atoms with van der Waals surface area (Å²) in [6.07, 6.45) is 0. The van der Waals surface area contributed by atoms with Crippen LogP contribution in [0, 0.1) is 10.1 Å². The highest BCUT2D eigenvalue weighted by atomic mass is 32.2. The number of nitrogens with one attached hydrogen (secondary N) is 1. The SMILES string of the molecule is COc1ccc(C2C(C(=O)NN=C3c4ccccc4-c4ccccc43)=C(N)N3CCSC3=C2[N+](=O)[O-])cc1OC. The molecule has 0 bridgehead atoms. The van der Waals surface area contributed by atoms with Gasteiger partial charge in [0.05, 0.1) is 30.4 Å². The molecule has 1 amide bonds. The van der Waals surface area contributed by atoms with Crippen molar-refractivity contribution in [2.45, 2.75) is 5.92 Å². The number of hydrogen-bond donors (Lipinski definition) is 2. The molecule has 3 N–H and O–H groups in total. The molecule has 3 aromatic carbocycles. The number of benzene rings is 3. The molecular formula is C29H25N5O5S. The number of hydrazone groups is 1. The smallest absolute Gasteiger partial charge is 0.288 e. The van der Waals surface area contributed by atoms with E-state index in [9.17, 15) is 14.9 Å². The van der Waals surface area contributed by atoms with Crippen LogP contribution in [-0.4, -0.2) is 48.0 Å². The molecular weight excluding hydrogens is 530 g/mol. The van der Waals surface area contributed by atoms with E-state index < -0.39 is 16.7 Å². The van der Waals surface area contributed by atoms with Gasteiger partial charge in [0, 0.05) is 23.4 Å². The van der Waals surface area contributed by atoms with Gasteiger partial charge in [-0.2, -0.15) is 5.10 Å². The molecule has 3 aromatic rings. The molecule has 202 valence electrons. The summed E-state index contributed by atoms with van der Waals surface area (Å²) in [5.74, 6) is -0.0714. The van der Waals surface area contributed by atoms with Crippen molar-refractivity contribution in [3.8, 4) is 22.6 Å². The molecule has 0 radical (unpaired) electrons. The summed E-state index contributed by atoms with van der Waals surface area (Å²) in [6.45, 7) is 0.452. The summed E-state index contributed by atoms with van der Waals surface area (Å²) in [5, 5.41) is 17.5. The number of nitro groups is 1. The largest absolute Gasteiger partial charge is 0.493 e. The lowest BCUT2D eigenvalue weighted by Gasteiger charge is -2.31. The number of ether oxygens (including phenoxy) is 2. The van der Waals surface area contributed by atoms with Crippen molar-refractivity contribution < 1.29 is 19.2 Å². The highest BCUT2D eigenvalue weighted by Crippen LogP contribution is 2.48. The Hall–Kier alpha value is -4.77. The zero-order valence-electron chi connectivity index (χ0n) is 21.7. The van der Waals surface area contributed by atoms with Crippen LogP contribution in [-0.2, 0) is 4.79 Å². The fourth-order valence-electron chi connectivity index (χ4n) is 5.48. The standard InChI is InChI=1S/C29H25N5O5S/c1-38-21-12-11-16(15-22(21)39-2)23-24(27(30)33-13-14-40-29(33)26(23)34(36)37)28(35)32-31-25-19-9-5-3-7-17(19)18-8-4-6-10-20(18)25/h3-12,15,23H,13-14,30H2,1-2H3,(H,32,35). The molecule has 10 nitrogen and oxygen atoms in total. The van der Waals surface area contributed by atoms with Gasteiger partial charge in [0.25, 0.3) is 11.6 Å². The Labute approximate surface area is 234 Å². The fraction of sp³-hybridized carbons (Fsp3) is 0.172. The lowest BCUT2D eigenvalue weighted by atomic mass is 9.85. The minimum Gasteiger partial charge on any atom is -0.493 e. The quantitative estimate of drug-likeness (QED) is 0.269. The molecule has 0 aromatic heterocycles. The maximum absolute atomic E-state index is 13.9. The molecule has 1 fully saturated rings. The summed E-state index contributed by atoms with van der Waals surface area (Å²) in [6, 6.07) is 20.6. The molecule has 0 saturated carbocycles. The number of nitrogens with two attached hydrogens (primary N) is 1. The third-order valence-corrected chi connectivity index (χ3v) is 8.34. The zero-order valence-corrected chi connectivity index (χ0v) is 22.5. The molecule has 1 atom stereocenters. The topological polar surface area (TPSA) is 132 Å². The maximum atomic E-state index is 13.9. The molecule has 6 rings (SSSR count). The summed E-state index contributed by atoms with van der Waals surface area (Å²) in [7, 11) is 2.99. The Kier molecular flexibility index (Phi) is 6.43. The maximum Gasteiger partial charge on any atom is 0.288 e. The highest BCUT2D eigenvalue weighted by molar-refractivity contribution is 8.03. The monoisotopic (exact) mass is 555 g/mol. The number of nitrogens with zero attached hydrogens (tertiary/aromatic N) is 3. The molecule has 1 unspecified atom stereocenters. The average Bonchev–Trinajstić information content (AvgIpc) is 3.59. The second kappa shape index (κ2) is 10.1. The predicted molar refractivity (Wildman–Crippen MR) is 152 cm³/mol. The predicted octanol–water partition coefficient (Wildman–Crippen LogP) is 4.02. The molecule has 1 aliphatic carbocycles. The Morgan fingerprint density at radius 1 is 1.02 bits per heavy atom. The van der Waals surface area contributed by atoms with Crippen LogP contribution in [0.4, 0.5) is 0 Å². The molecule has 3 aliphatic rings. The van der Waals surface area contributed by atoms with Crippen molar-refractivity contribution in [1.29, 1.82) is 0 Å². The van der Waals surface area contributed by atoms with E-state index >= 15 is 0 Å². The second-order valence-corrected chi connectivity index (χ2v) is 10.4. The number of carbonyl (C=O) groups excluding carboxylic acids is 1. The number of amides is 1. The fourth-order valence-corrected chi connectivity index (χ4v) is 6.63. The number of fused-ring (bicyclic) bond motifs is 4. The van der Waals surface area contributed by atoms with E-state index in [4.69, 9.17) is 15.2 Å². The number of rotatable bonds is 6. The zero-order chi connectivity index (χ0) is 28.0. The number of methoxy groups -OCH3 is 2. The first-order valence-electron chi connectivity index (χ1n) is 12.5. The summed E-state index contributed by atoms with van der Waals surface area (Å²) < 4.78 is 10.8. The molecule has 0 spiro atoms. The Balaban J connectivity index is 1.45. The Morgan fingerprint density at radius 3 is 2.25 bits per heavy atom. The first-order chi connectivity index (χ1) is 19.4. The molecule has 11 heteroatoms. The van der Waals surface area contributed by atoms with E-state index in [0.717, 1.165) is 22.3 Å². The van der Waals surface area contributed by atoms with Crippen molar-refractivity contribution in [2.24, 2.45) is 10.8 Å². The Bertz CT molecular complexity index is 1620. The normalized spacial score (nSPS) is 17.3. The van der Waals surface area contributed by atoms with Gasteiger partial charge in [-0.3, -0.25) is 14.9 Å². The second-order valence-electron chi connectivity index (χ2n) is 9.29. The lowest BCUT2D eigenvalue weighted by Crippen LogP contribution is -2.39. The minimum atomic E-state index is -1.06. The molecule has 1 saturated heterocycles. The van der Waals surface area contributed by atoms with E-state index in [2.05, 4.69) is 10.5 Å². The number of carbonyl (C=O) groups is 1. The molecule has 40 heavy (non-hydrogen) atoms.